The molecule has 1 rings (SSSR count). The molecule has 0 bridgehead atoms. The summed E-state index contributed by atoms with van der Waals surface area (Å²) >= 11 is 1.54. The lowest BCUT2D eigenvalue weighted by molar-refractivity contribution is -0.142. The number of rotatable bonds is 8. The molecule has 0 saturated carbocycles. The molecule has 0 aliphatic heterocycles. The highest BCUT2D eigenvalue weighted by Crippen LogP contribution is 2.04. The summed E-state index contributed by atoms with van der Waals surface area (Å²) in [6, 6.07) is 7.78. The van der Waals surface area contributed by atoms with Crippen LogP contribution in [0, 0.1) is 0 Å². The molecule has 0 aromatic heterocycles. The lowest BCUT2D eigenvalue weighted by Crippen LogP contribution is -2.49. The van der Waals surface area contributed by atoms with Crippen LogP contribution < -0.4 is 11.1 Å². The highest BCUT2D eigenvalue weighted by Gasteiger charge is 2.22. The number of carboxylic acids is 1. The van der Waals surface area contributed by atoms with Crippen molar-refractivity contribution in [1.82, 2.24) is 5.32 Å². The fraction of sp³-hybridized carbons (Fsp3) is 0.429. The summed E-state index contributed by atoms with van der Waals surface area (Å²) in [5, 5.41) is 11.5. The van der Waals surface area contributed by atoms with Crippen LogP contribution in [0.25, 0.3) is 0 Å². The summed E-state index contributed by atoms with van der Waals surface area (Å²) in [5.41, 5.74) is 6.77. The van der Waals surface area contributed by atoms with E-state index in [0.29, 0.717) is 18.6 Å². The highest BCUT2D eigenvalue weighted by atomic mass is 32.2. The number of nitrogens with two attached hydrogens (primary N) is 1. The van der Waals surface area contributed by atoms with Crippen LogP contribution >= 0.6 is 11.8 Å². The molecule has 0 radical (unpaired) electrons. The van der Waals surface area contributed by atoms with Gasteiger partial charge in [-0.05, 0) is 30.4 Å². The monoisotopic (exact) mass is 296 g/mol. The first-order chi connectivity index (χ1) is 9.54. The van der Waals surface area contributed by atoms with Gasteiger partial charge in [-0.25, -0.2) is 4.79 Å². The van der Waals surface area contributed by atoms with Crippen molar-refractivity contribution >= 4 is 23.6 Å². The molecule has 1 amide bonds. The molecule has 6 heteroatoms. The molecule has 0 aliphatic rings. The van der Waals surface area contributed by atoms with Gasteiger partial charge in [0.1, 0.15) is 6.04 Å². The molecule has 0 fully saturated rings. The van der Waals surface area contributed by atoms with Crippen molar-refractivity contribution in [2.24, 2.45) is 5.73 Å². The summed E-state index contributed by atoms with van der Waals surface area (Å²) in [6.45, 7) is 0. The number of aliphatic carboxylic acids is 1. The minimum atomic E-state index is -1.03. The predicted octanol–water partition coefficient (Wildman–Crippen LogP) is 0.879. The van der Waals surface area contributed by atoms with Crippen molar-refractivity contribution in [3.05, 3.63) is 35.9 Å². The third-order valence-electron chi connectivity index (χ3n) is 2.86. The van der Waals surface area contributed by atoms with Gasteiger partial charge in [0.2, 0.25) is 5.91 Å². The first kappa shape index (κ1) is 16.5. The van der Waals surface area contributed by atoms with E-state index in [2.05, 4.69) is 5.32 Å². The Morgan fingerprint density at radius 3 is 2.55 bits per heavy atom. The van der Waals surface area contributed by atoms with Crippen molar-refractivity contribution in [3.8, 4) is 0 Å². The Morgan fingerprint density at radius 2 is 2.00 bits per heavy atom. The fourth-order valence-electron chi connectivity index (χ4n) is 1.73. The van der Waals surface area contributed by atoms with Gasteiger partial charge in [-0.3, -0.25) is 4.79 Å². The van der Waals surface area contributed by atoms with Gasteiger partial charge in [-0.2, -0.15) is 11.8 Å². The second kappa shape index (κ2) is 8.60. The lowest BCUT2D eigenvalue weighted by atomic mass is 10.1. The van der Waals surface area contributed by atoms with Crippen molar-refractivity contribution in [2.75, 3.05) is 12.0 Å². The maximum atomic E-state index is 11.9. The Balaban J connectivity index is 2.53. The maximum absolute atomic E-state index is 11.9. The molecule has 2 atom stereocenters. The number of carbonyl (C=O) groups excluding carboxylic acids is 1. The van der Waals surface area contributed by atoms with Gasteiger partial charge in [0.25, 0.3) is 0 Å². The van der Waals surface area contributed by atoms with E-state index in [-0.39, 0.29) is 0 Å². The molecule has 0 heterocycles. The zero-order valence-corrected chi connectivity index (χ0v) is 12.2. The van der Waals surface area contributed by atoms with E-state index in [0.717, 1.165) is 5.56 Å². The number of carboxylic acid groups (broad SMARTS) is 1. The van der Waals surface area contributed by atoms with Gasteiger partial charge in [0, 0.05) is 0 Å². The largest absolute Gasteiger partial charge is 0.480 e. The Kier molecular flexibility index (Phi) is 7.11. The van der Waals surface area contributed by atoms with Crippen molar-refractivity contribution in [1.29, 1.82) is 0 Å². The minimum Gasteiger partial charge on any atom is -0.480 e. The molecule has 1 unspecified atom stereocenters. The van der Waals surface area contributed by atoms with Gasteiger partial charge in [-0.15, -0.1) is 0 Å². The lowest BCUT2D eigenvalue weighted by Gasteiger charge is -2.17. The molecule has 0 spiro atoms. The Hall–Kier alpha value is -1.53. The average molecular weight is 296 g/mol. The Bertz CT molecular complexity index is 439. The number of nitrogens with one attached hydrogen (secondary N) is 1. The molecule has 0 saturated heterocycles. The minimum absolute atomic E-state index is 0.389. The van der Waals surface area contributed by atoms with Crippen LogP contribution in [0.3, 0.4) is 0 Å². The Morgan fingerprint density at radius 1 is 1.35 bits per heavy atom. The first-order valence-electron chi connectivity index (χ1n) is 6.36. The Labute approximate surface area is 122 Å². The third-order valence-corrected chi connectivity index (χ3v) is 3.50. The fourth-order valence-corrected chi connectivity index (χ4v) is 2.20. The van der Waals surface area contributed by atoms with Gasteiger partial charge < -0.3 is 16.2 Å². The molecule has 20 heavy (non-hydrogen) atoms. The highest BCUT2D eigenvalue weighted by molar-refractivity contribution is 7.98. The van der Waals surface area contributed by atoms with Crippen molar-refractivity contribution in [2.45, 2.75) is 24.9 Å². The number of amides is 1. The number of benzene rings is 1. The van der Waals surface area contributed by atoms with E-state index in [1.807, 2.05) is 36.6 Å². The SMILES string of the molecule is CSCC[C@H](NC(=O)C(N)Cc1ccccc1)C(=O)O. The maximum Gasteiger partial charge on any atom is 0.326 e. The summed E-state index contributed by atoms with van der Waals surface area (Å²) in [5.74, 6) is -0.785. The summed E-state index contributed by atoms with van der Waals surface area (Å²) in [6.07, 6.45) is 2.67. The molecule has 0 aliphatic carbocycles. The van der Waals surface area contributed by atoms with E-state index in [4.69, 9.17) is 10.8 Å². The molecule has 1 aromatic rings. The summed E-state index contributed by atoms with van der Waals surface area (Å²) in [4.78, 5) is 23.0. The number of hydrogen-bond acceptors (Lipinski definition) is 4. The van der Waals surface area contributed by atoms with Crippen LogP contribution in [0.5, 0.6) is 0 Å². The number of hydrogen-bond donors (Lipinski definition) is 3. The van der Waals surface area contributed by atoms with Crippen LogP contribution in [-0.4, -0.2) is 41.1 Å². The van der Waals surface area contributed by atoms with E-state index in [1.54, 1.807) is 0 Å². The van der Waals surface area contributed by atoms with Crippen LogP contribution in [-0.2, 0) is 16.0 Å². The zero-order valence-electron chi connectivity index (χ0n) is 11.4. The number of thioether (sulfide) groups is 1. The van der Waals surface area contributed by atoms with E-state index in [1.165, 1.54) is 11.8 Å². The average Bonchev–Trinajstić information content (AvgIpc) is 2.43. The van der Waals surface area contributed by atoms with Crippen LogP contribution in [0.4, 0.5) is 0 Å². The van der Waals surface area contributed by atoms with Gasteiger partial charge in [0.05, 0.1) is 6.04 Å². The molecular formula is C14H20N2O3S. The van der Waals surface area contributed by atoms with Gasteiger partial charge in [0.15, 0.2) is 0 Å². The van der Waals surface area contributed by atoms with Crippen LogP contribution in [0.1, 0.15) is 12.0 Å². The topological polar surface area (TPSA) is 92.4 Å². The van der Waals surface area contributed by atoms with E-state index < -0.39 is 24.0 Å². The quantitative estimate of drug-likeness (QED) is 0.662. The number of carbonyl (C=O) groups is 2. The standard InChI is InChI=1S/C14H20N2O3S/c1-20-8-7-12(14(18)19)16-13(17)11(15)9-10-5-3-2-4-6-10/h2-6,11-12H,7-9,15H2,1H3,(H,16,17)(H,18,19)/t11?,12-/m0/s1. The van der Waals surface area contributed by atoms with Crippen molar-refractivity contribution < 1.29 is 14.7 Å². The predicted molar refractivity (Wildman–Crippen MR) is 80.7 cm³/mol. The molecule has 5 nitrogen and oxygen atoms in total. The second-order valence-corrected chi connectivity index (χ2v) is 5.46. The van der Waals surface area contributed by atoms with Gasteiger partial charge >= 0.3 is 5.97 Å². The van der Waals surface area contributed by atoms with Gasteiger partial charge in [-0.1, -0.05) is 30.3 Å². The molecule has 110 valence electrons. The second-order valence-electron chi connectivity index (χ2n) is 4.48. The molecule has 4 N–H and O–H groups in total. The van der Waals surface area contributed by atoms with Crippen LogP contribution in [0.15, 0.2) is 30.3 Å². The normalized spacial score (nSPS) is 13.5. The molecule has 1 aromatic carbocycles. The summed E-state index contributed by atoms with van der Waals surface area (Å²) < 4.78 is 0. The first-order valence-corrected chi connectivity index (χ1v) is 7.75. The smallest absolute Gasteiger partial charge is 0.326 e. The van der Waals surface area contributed by atoms with E-state index >= 15 is 0 Å². The summed E-state index contributed by atoms with van der Waals surface area (Å²) in [7, 11) is 0. The van der Waals surface area contributed by atoms with Crippen molar-refractivity contribution in [3.63, 3.8) is 0 Å². The van der Waals surface area contributed by atoms with Crippen LogP contribution in [0.2, 0.25) is 0 Å². The van der Waals surface area contributed by atoms with E-state index in [9.17, 15) is 9.59 Å². The third kappa shape index (κ3) is 5.63. The zero-order chi connectivity index (χ0) is 15.0. The molecular weight excluding hydrogens is 276 g/mol.